The molecule has 0 N–H and O–H groups in total. The zero-order chi connectivity index (χ0) is 10.8. The zero-order valence-corrected chi connectivity index (χ0v) is 11.4. The molecule has 2 fully saturated rings. The monoisotopic (exact) mass is 322 g/mol. The molecule has 4 heteroatoms. The van der Waals surface area contributed by atoms with Crippen molar-refractivity contribution in [1.29, 1.82) is 0 Å². The number of carbonyl (C=O) groups excluding carboxylic acids is 1. The summed E-state index contributed by atoms with van der Waals surface area (Å²) in [6, 6.07) is 0. The Bertz CT molecular complexity index is 233. The molecule has 15 heavy (non-hydrogen) atoms. The quantitative estimate of drug-likeness (QED) is 0.582. The molecule has 0 aromatic rings. The lowest BCUT2D eigenvalue weighted by molar-refractivity contribution is -0.126. The Morgan fingerprint density at radius 1 is 1.33 bits per heavy atom. The first kappa shape index (κ1) is 11.8. The number of likely N-dealkylation sites (tertiary alicyclic amines) is 1. The van der Waals surface area contributed by atoms with Gasteiger partial charge in [-0.15, -0.1) is 0 Å². The summed E-state index contributed by atoms with van der Waals surface area (Å²) in [6.45, 7) is 7.43. The molecule has 2 saturated heterocycles. The maximum absolute atomic E-state index is 11.1. The molecule has 0 aromatic carbocycles. The normalized spacial score (nSPS) is 26.5. The van der Waals surface area contributed by atoms with Gasteiger partial charge in [0.1, 0.15) is 5.78 Å². The van der Waals surface area contributed by atoms with Crippen LogP contribution in [0.5, 0.6) is 0 Å². The van der Waals surface area contributed by atoms with E-state index in [0.717, 1.165) is 19.0 Å². The highest BCUT2D eigenvalue weighted by Crippen LogP contribution is 2.24. The van der Waals surface area contributed by atoms with Crippen molar-refractivity contribution < 1.29 is 4.79 Å². The van der Waals surface area contributed by atoms with Crippen LogP contribution in [-0.4, -0.2) is 46.5 Å². The minimum Gasteiger partial charge on any atom is -0.302 e. The molecule has 2 aliphatic rings. The number of Topliss-reactive ketones (excluding diaryl/α,β-unsaturated/α-hetero) is 1. The summed E-state index contributed by atoms with van der Waals surface area (Å²) < 4.78 is 2.38. The fourth-order valence-electron chi connectivity index (χ4n) is 2.43. The lowest BCUT2D eigenvalue weighted by Gasteiger charge is -2.41. The molecule has 0 atom stereocenters. The Labute approximate surface area is 106 Å². The Morgan fingerprint density at radius 3 is 2.47 bits per heavy atom. The molecular formula is C11H19IN2O. The van der Waals surface area contributed by atoms with E-state index in [2.05, 4.69) is 30.9 Å². The van der Waals surface area contributed by atoms with Crippen LogP contribution in [0.2, 0.25) is 0 Å². The molecule has 0 bridgehead atoms. The standard InChI is InChI=1S/C11H19IN2O/c1-9(15)11-7-13(8-11)6-10-2-4-14(12)5-3-10/h10-11H,2-8H2,1H3. The van der Waals surface area contributed by atoms with Crippen LogP contribution in [0.15, 0.2) is 0 Å². The molecule has 0 saturated carbocycles. The third-order valence-corrected chi connectivity index (χ3v) is 4.57. The summed E-state index contributed by atoms with van der Waals surface area (Å²) in [7, 11) is 0. The van der Waals surface area contributed by atoms with Gasteiger partial charge in [0.05, 0.1) is 0 Å². The maximum Gasteiger partial charge on any atom is 0.135 e. The third-order valence-electron chi connectivity index (χ3n) is 3.61. The molecule has 2 heterocycles. The van der Waals surface area contributed by atoms with Crippen LogP contribution >= 0.6 is 22.9 Å². The first-order valence-corrected chi connectivity index (χ1v) is 6.75. The first-order valence-electron chi connectivity index (χ1n) is 5.78. The predicted molar refractivity (Wildman–Crippen MR) is 68.9 cm³/mol. The number of hydrogen-bond acceptors (Lipinski definition) is 3. The van der Waals surface area contributed by atoms with Crippen LogP contribution in [0, 0.1) is 11.8 Å². The first-order chi connectivity index (χ1) is 7.15. The van der Waals surface area contributed by atoms with E-state index >= 15 is 0 Å². The van der Waals surface area contributed by atoms with Crippen molar-refractivity contribution in [2.75, 3.05) is 32.7 Å². The predicted octanol–water partition coefficient (Wildman–Crippen LogP) is 1.57. The average molecular weight is 322 g/mol. The molecule has 0 amide bonds. The van der Waals surface area contributed by atoms with Gasteiger partial charge in [0.25, 0.3) is 0 Å². The second-order valence-electron chi connectivity index (χ2n) is 4.88. The van der Waals surface area contributed by atoms with Crippen molar-refractivity contribution in [1.82, 2.24) is 8.01 Å². The van der Waals surface area contributed by atoms with Crippen LogP contribution in [0.3, 0.4) is 0 Å². The SMILES string of the molecule is CC(=O)C1CN(CC2CCN(I)CC2)C1. The van der Waals surface area contributed by atoms with Crippen molar-refractivity contribution in [3.63, 3.8) is 0 Å². The van der Waals surface area contributed by atoms with Gasteiger partial charge in [-0.2, -0.15) is 0 Å². The van der Waals surface area contributed by atoms with Crippen molar-refractivity contribution >= 4 is 28.6 Å². The highest BCUT2D eigenvalue weighted by Gasteiger charge is 2.31. The van der Waals surface area contributed by atoms with Crippen LogP contribution in [0.4, 0.5) is 0 Å². The summed E-state index contributed by atoms with van der Waals surface area (Å²) in [5, 5.41) is 0. The van der Waals surface area contributed by atoms with Gasteiger partial charge in [-0.3, -0.25) is 4.79 Å². The van der Waals surface area contributed by atoms with Gasteiger partial charge in [0.15, 0.2) is 0 Å². The molecule has 0 unspecified atom stereocenters. The summed E-state index contributed by atoms with van der Waals surface area (Å²) in [5.74, 6) is 1.58. The van der Waals surface area contributed by atoms with Crippen LogP contribution in [-0.2, 0) is 4.79 Å². The largest absolute Gasteiger partial charge is 0.302 e. The lowest BCUT2D eigenvalue weighted by Crippen LogP contribution is -2.51. The number of carbonyl (C=O) groups is 1. The van der Waals surface area contributed by atoms with Gasteiger partial charge in [0.2, 0.25) is 0 Å². The molecule has 86 valence electrons. The lowest BCUT2D eigenvalue weighted by atomic mass is 9.91. The fraction of sp³-hybridized carbons (Fsp3) is 0.909. The molecule has 0 spiro atoms. The highest BCUT2D eigenvalue weighted by atomic mass is 127. The average Bonchev–Trinajstić information content (AvgIpc) is 2.13. The fourth-order valence-corrected chi connectivity index (χ4v) is 2.98. The number of piperidine rings is 1. The van der Waals surface area contributed by atoms with E-state index < -0.39 is 0 Å². The van der Waals surface area contributed by atoms with E-state index in [0.29, 0.717) is 11.7 Å². The number of rotatable bonds is 3. The zero-order valence-electron chi connectivity index (χ0n) is 9.29. The van der Waals surface area contributed by atoms with Gasteiger partial charge >= 0.3 is 0 Å². The van der Waals surface area contributed by atoms with Crippen LogP contribution in [0.1, 0.15) is 19.8 Å². The number of hydrogen-bond donors (Lipinski definition) is 0. The second kappa shape index (κ2) is 5.10. The van der Waals surface area contributed by atoms with Gasteiger partial charge in [-0.1, -0.05) is 0 Å². The number of halogens is 1. The van der Waals surface area contributed by atoms with E-state index in [1.165, 1.54) is 32.5 Å². The van der Waals surface area contributed by atoms with Crippen molar-refractivity contribution in [3.05, 3.63) is 0 Å². The molecule has 3 nitrogen and oxygen atoms in total. The van der Waals surface area contributed by atoms with Gasteiger partial charge in [-0.25, -0.2) is 3.11 Å². The Kier molecular flexibility index (Phi) is 4.01. The van der Waals surface area contributed by atoms with Gasteiger partial charge in [-0.05, 0) is 25.7 Å². The Hall–Kier alpha value is 0.320. The van der Waals surface area contributed by atoms with Crippen molar-refractivity contribution in [2.45, 2.75) is 19.8 Å². The topological polar surface area (TPSA) is 23.6 Å². The van der Waals surface area contributed by atoms with E-state index in [1.54, 1.807) is 6.92 Å². The Balaban J connectivity index is 1.65. The third kappa shape index (κ3) is 3.14. The number of nitrogens with zero attached hydrogens (tertiary/aromatic N) is 2. The van der Waals surface area contributed by atoms with Crippen LogP contribution in [0.25, 0.3) is 0 Å². The van der Waals surface area contributed by atoms with Crippen LogP contribution < -0.4 is 0 Å². The maximum atomic E-state index is 11.1. The molecule has 2 aliphatic heterocycles. The van der Waals surface area contributed by atoms with Crippen molar-refractivity contribution in [2.24, 2.45) is 11.8 Å². The van der Waals surface area contributed by atoms with E-state index in [4.69, 9.17) is 0 Å². The summed E-state index contributed by atoms with van der Waals surface area (Å²) in [4.78, 5) is 13.5. The van der Waals surface area contributed by atoms with Gasteiger partial charge < -0.3 is 4.90 Å². The Morgan fingerprint density at radius 2 is 1.93 bits per heavy atom. The van der Waals surface area contributed by atoms with Gasteiger partial charge in [0, 0.05) is 61.5 Å². The molecule has 0 aromatic heterocycles. The molecular weight excluding hydrogens is 303 g/mol. The van der Waals surface area contributed by atoms with E-state index in [-0.39, 0.29) is 0 Å². The molecule has 0 aliphatic carbocycles. The summed E-state index contributed by atoms with van der Waals surface area (Å²) in [6.07, 6.45) is 2.65. The molecule has 2 rings (SSSR count). The smallest absolute Gasteiger partial charge is 0.135 e. The number of ketones is 1. The minimum atomic E-state index is 0.342. The van der Waals surface area contributed by atoms with E-state index in [1.807, 2.05) is 0 Å². The van der Waals surface area contributed by atoms with Crippen molar-refractivity contribution in [3.8, 4) is 0 Å². The minimum absolute atomic E-state index is 0.342. The molecule has 0 radical (unpaired) electrons. The highest BCUT2D eigenvalue weighted by molar-refractivity contribution is 14.1. The second-order valence-corrected chi connectivity index (χ2v) is 6.24. The summed E-state index contributed by atoms with van der Waals surface area (Å²) >= 11 is 2.41. The van der Waals surface area contributed by atoms with E-state index in [9.17, 15) is 4.79 Å². The summed E-state index contributed by atoms with van der Waals surface area (Å²) in [5.41, 5.74) is 0.